The summed E-state index contributed by atoms with van der Waals surface area (Å²) >= 11 is 0. The molecule has 0 radical (unpaired) electrons. The quantitative estimate of drug-likeness (QED) is 0.437. The fraction of sp³-hybridized carbons (Fsp3) is 0.333. The molecule has 0 aliphatic rings. The Morgan fingerprint density at radius 2 is 2.33 bits per heavy atom. The van der Waals surface area contributed by atoms with E-state index >= 15 is 0 Å². The number of carbonyl (C=O) groups is 1. The van der Waals surface area contributed by atoms with Gasteiger partial charge in [-0.3, -0.25) is 4.79 Å². The molecule has 0 aliphatic heterocycles. The molecule has 0 saturated carbocycles. The van der Waals surface area contributed by atoms with Crippen molar-refractivity contribution in [3.05, 3.63) is 41.9 Å². The first-order valence-corrected chi connectivity index (χ1v) is 6.65. The molecule has 112 valence electrons. The molecular weight excluding hydrogens is 273 g/mol. The molecule has 6 heteroatoms. The number of ether oxygens (including phenoxy) is 1. The number of nitrogens with zero attached hydrogens (tertiary/aromatic N) is 1. The fourth-order valence-corrected chi connectivity index (χ4v) is 1.50. The molecule has 5 nitrogen and oxygen atoms in total. The van der Waals surface area contributed by atoms with Crippen molar-refractivity contribution in [1.29, 1.82) is 5.26 Å². The van der Waals surface area contributed by atoms with Crippen LogP contribution in [0.5, 0.6) is 0 Å². The van der Waals surface area contributed by atoms with Crippen LogP contribution in [0.1, 0.15) is 13.3 Å². The van der Waals surface area contributed by atoms with E-state index < -0.39 is 11.7 Å². The third-order valence-corrected chi connectivity index (χ3v) is 2.53. The van der Waals surface area contributed by atoms with Crippen LogP contribution in [0.25, 0.3) is 0 Å². The Morgan fingerprint density at radius 1 is 1.52 bits per heavy atom. The van der Waals surface area contributed by atoms with Gasteiger partial charge in [0.15, 0.2) is 0 Å². The summed E-state index contributed by atoms with van der Waals surface area (Å²) in [5.74, 6) is -0.870. The van der Waals surface area contributed by atoms with Crippen LogP contribution in [0, 0.1) is 17.1 Å². The average Bonchev–Trinajstić information content (AvgIpc) is 2.48. The van der Waals surface area contributed by atoms with Crippen molar-refractivity contribution in [1.82, 2.24) is 5.32 Å². The van der Waals surface area contributed by atoms with Crippen LogP contribution in [0.4, 0.5) is 10.1 Å². The topological polar surface area (TPSA) is 74.1 Å². The van der Waals surface area contributed by atoms with Crippen molar-refractivity contribution in [2.45, 2.75) is 13.3 Å². The number of nitriles is 1. The molecule has 2 N–H and O–H groups in total. The minimum absolute atomic E-state index is 0.0735. The first-order valence-electron chi connectivity index (χ1n) is 6.65. The number of carbonyl (C=O) groups excluding carboxylic acids is 1. The lowest BCUT2D eigenvalue weighted by molar-refractivity contribution is -0.117. The Bertz CT molecular complexity index is 538. The van der Waals surface area contributed by atoms with Crippen LogP contribution in [-0.2, 0) is 9.53 Å². The van der Waals surface area contributed by atoms with Crippen LogP contribution in [0.2, 0.25) is 0 Å². The van der Waals surface area contributed by atoms with E-state index in [-0.39, 0.29) is 5.57 Å². The first-order chi connectivity index (χ1) is 10.2. The van der Waals surface area contributed by atoms with Gasteiger partial charge in [0.1, 0.15) is 17.5 Å². The van der Waals surface area contributed by atoms with Crippen LogP contribution in [0.3, 0.4) is 0 Å². The van der Waals surface area contributed by atoms with Gasteiger partial charge in [0.25, 0.3) is 5.91 Å². The first kappa shape index (κ1) is 16.7. The Kier molecular flexibility index (Phi) is 7.54. The van der Waals surface area contributed by atoms with E-state index in [4.69, 9.17) is 10.00 Å². The molecule has 0 saturated heterocycles. The smallest absolute Gasteiger partial charge is 0.263 e. The molecule has 0 heterocycles. The SMILES string of the molecule is CCOCCCNC(=O)/C(C#N)=C\Nc1cccc(F)c1. The molecule has 21 heavy (non-hydrogen) atoms. The van der Waals surface area contributed by atoms with Crippen LogP contribution >= 0.6 is 0 Å². The van der Waals surface area contributed by atoms with Gasteiger partial charge in [-0.25, -0.2) is 4.39 Å². The van der Waals surface area contributed by atoms with E-state index in [0.717, 1.165) is 0 Å². The highest BCUT2D eigenvalue weighted by atomic mass is 19.1. The van der Waals surface area contributed by atoms with Gasteiger partial charge in [-0.1, -0.05) is 6.07 Å². The van der Waals surface area contributed by atoms with Crippen molar-refractivity contribution in [3.63, 3.8) is 0 Å². The number of benzene rings is 1. The number of rotatable bonds is 8. The predicted octanol–water partition coefficient (Wildman–Crippen LogP) is 2.19. The van der Waals surface area contributed by atoms with Gasteiger partial charge in [0.2, 0.25) is 0 Å². The lowest BCUT2D eigenvalue weighted by Crippen LogP contribution is -2.26. The van der Waals surface area contributed by atoms with Gasteiger partial charge in [0.05, 0.1) is 0 Å². The zero-order chi connectivity index (χ0) is 15.5. The van der Waals surface area contributed by atoms with Crippen molar-refractivity contribution in [2.24, 2.45) is 0 Å². The maximum absolute atomic E-state index is 13.0. The van der Waals surface area contributed by atoms with Gasteiger partial charge in [-0.2, -0.15) is 5.26 Å². The van der Waals surface area contributed by atoms with Crippen molar-refractivity contribution in [2.75, 3.05) is 25.1 Å². The molecule has 1 rings (SSSR count). The second-order valence-electron chi connectivity index (χ2n) is 4.13. The minimum Gasteiger partial charge on any atom is -0.382 e. The second kappa shape index (κ2) is 9.50. The van der Waals surface area contributed by atoms with Gasteiger partial charge in [0, 0.05) is 31.6 Å². The van der Waals surface area contributed by atoms with Crippen molar-refractivity contribution in [3.8, 4) is 6.07 Å². The zero-order valence-electron chi connectivity index (χ0n) is 11.9. The molecule has 0 atom stereocenters. The van der Waals surface area contributed by atoms with E-state index in [2.05, 4.69) is 10.6 Å². The van der Waals surface area contributed by atoms with E-state index in [1.54, 1.807) is 12.1 Å². The highest BCUT2D eigenvalue weighted by Crippen LogP contribution is 2.09. The van der Waals surface area contributed by atoms with Crippen LogP contribution < -0.4 is 10.6 Å². The predicted molar refractivity (Wildman–Crippen MR) is 77.8 cm³/mol. The Morgan fingerprint density at radius 3 is 3.00 bits per heavy atom. The van der Waals surface area contributed by atoms with Gasteiger partial charge >= 0.3 is 0 Å². The molecule has 0 unspecified atom stereocenters. The molecular formula is C15H18FN3O2. The van der Waals surface area contributed by atoms with E-state index in [0.29, 0.717) is 31.9 Å². The van der Waals surface area contributed by atoms with Crippen LogP contribution in [-0.4, -0.2) is 25.7 Å². The van der Waals surface area contributed by atoms with Gasteiger partial charge in [-0.05, 0) is 31.5 Å². The summed E-state index contributed by atoms with van der Waals surface area (Å²) in [7, 11) is 0. The maximum Gasteiger partial charge on any atom is 0.263 e. The molecule has 1 aromatic rings. The molecule has 0 aliphatic carbocycles. The van der Waals surface area contributed by atoms with Gasteiger partial charge in [-0.15, -0.1) is 0 Å². The summed E-state index contributed by atoms with van der Waals surface area (Å²) in [5.41, 5.74) is 0.391. The molecule has 0 spiro atoms. The monoisotopic (exact) mass is 291 g/mol. The molecule has 0 aromatic heterocycles. The van der Waals surface area contributed by atoms with Crippen LogP contribution in [0.15, 0.2) is 36.0 Å². The lowest BCUT2D eigenvalue weighted by atomic mass is 10.2. The Hall–Kier alpha value is -2.39. The van der Waals surface area contributed by atoms with Crippen molar-refractivity contribution >= 4 is 11.6 Å². The molecule has 1 aromatic carbocycles. The average molecular weight is 291 g/mol. The number of hydrogen-bond acceptors (Lipinski definition) is 4. The zero-order valence-corrected chi connectivity index (χ0v) is 11.9. The third-order valence-electron chi connectivity index (χ3n) is 2.53. The molecule has 0 bridgehead atoms. The Labute approximate surface area is 123 Å². The summed E-state index contributed by atoms with van der Waals surface area (Å²) in [6.45, 7) is 3.52. The standard InChI is InChI=1S/C15H18FN3O2/c1-2-21-8-4-7-18-15(20)12(10-17)11-19-14-6-3-5-13(16)9-14/h3,5-6,9,11,19H,2,4,7-8H2,1H3,(H,18,20)/b12-11-. The number of nitrogens with one attached hydrogen (secondary N) is 2. The highest BCUT2D eigenvalue weighted by Gasteiger charge is 2.07. The highest BCUT2D eigenvalue weighted by molar-refractivity contribution is 5.97. The summed E-state index contributed by atoms with van der Waals surface area (Å²) < 4.78 is 18.1. The third kappa shape index (κ3) is 6.54. The minimum atomic E-state index is -0.474. The normalized spacial score (nSPS) is 10.8. The Balaban J connectivity index is 2.47. The molecule has 1 amide bonds. The second-order valence-corrected chi connectivity index (χ2v) is 4.13. The number of halogens is 1. The van der Waals surface area contributed by atoms with E-state index in [1.807, 2.05) is 6.92 Å². The fourth-order valence-electron chi connectivity index (χ4n) is 1.50. The summed E-state index contributed by atoms with van der Waals surface area (Å²) in [6, 6.07) is 7.55. The van der Waals surface area contributed by atoms with Gasteiger partial charge < -0.3 is 15.4 Å². The summed E-state index contributed by atoms with van der Waals surface area (Å²) in [5, 5.41) is 14.3. The molecule has 0 fully saturated rings. The van der Waals surface area contributed by atoms with E-state index in [9.17, 15) is 9.18 Å². The summed E-state index contributed by atoms with van der Waals surface area (Å²) in [6.07, 6.45) is 1.93. The number of anilines is 1. The number of amides is 1. The summed E-state index contributed by atoms with van der Waals surface area (Å²) in [4.78, 5) is 11.7. The van der Waals surface area contributed by atoms with E-state index in [1.165, 1.54) is 24.4 Å². The maximum atomic E-state index is 13.0. The lowest BCUT2D eigenvalue weighted by Gasteiger charge is -2.05. The van der Waals surface area contributed by atoms with Crippen molar-refractivity contribution < 1.29 is 13.9 Å². The number of hydrogen-bond donors (Lipinski definition) is 2. The largest absolute Gasteiger partial charge is 0.382 e.